The van der Waals surface area contributed by atoms with Crippen LogP contribution in [0.1, 0.15) is 49.3 Å². The van der Waals surface area contributed by atoms with Crippen molar-refractivity contribution in [1.82, 2.24) is 15.8 Å². The highest BCUT2D eigenvalue weighted by molar-refractivity contribution is 6.31. The van der Waals surface area contributed by atoms with Crippen molar-refractivity contribution in [3.8, 4) is 0 Å². The van der Waals surface area contributed by atoms with E-state index >= 15 is 0 Å². The van der Waals surface area contributed by atoms with Gasteiger partial charge in [0.25, 0.3) is 0 Å². The lowest BCUT2D eigenvalue weighted by molar-refractivity contribution is 0.0514. The molecule has 1 aromatic carbocycles. The number of hydrogen-bond acceptors (Lipinski definition) is 4. The summed E-state index contributed by atoms with van der Waals surface area (Å²) >= 11 is 6.56. The number of benzene rings is 1. The number of nitrogens with one attached hydrogen (secondary N) is 2. The summed E-state index contributed by atoms with van der Waals surface area (Å²) in [5, 5.41) is 11.9. The Morgan fingerprint density at radius 1 is 1.17 bits per heavy atom. The van der Waals surface area contributed by atoms with Gasteiger partial charge in [-0.15, -0.1) is 0 Å². The first-order chi connectivity index (χ1) is 14.1. The van der Waals surface area contributed by atoms with Gasteiger partial charge in [-0.1, -0.05) is 48.8 Å². The molecule has 6 nitrogen and oxygen atoms in total. The molecule has 0 aliphatic carbocycles. The Morgan fingerprint density at radius 3 is 2.59 bits per heavy atom. The SMILES string of the molecule is CCc1noc(CC)c1CNC(=NC)NCC1(c2ccccc2Cl)CCOCC1. The van der Waals surface area contributed by atoms with Crippen LogP contribution in [0.5, 0.6) is 0 Å². The number of guanidine groups is 1. The molecule has 1 aromatic heterocycles. The molecule has 1 aliphatic rings. The standard InChI is InChI=1S/C22H31ClN4O2/c1-4-19-16(20(5-2)29-27-19)14-25-21(24-3)26-15-22(10-12-28-13-11-22)17-8-6-7-9-18(17)23/h6-9H,4-5,10-15H2,1-3H3,(H2,24,25,26). The van der Waals surface area contributed by atoms with Gasteiger partial charge < -0.3 is 19.9 Å². The van der Waals surface area contributed by atoms with Gasteiger partial charge in [0.2, 0.25) is 0 Å². The Balaban J connectivity index is 1.70. The Morgan fingerprint density at radius 2 is 1.93 bits per heavy atom. The van der Waals surface area contributed by atoms with Crippen molar-refractivity contribution in [2.75, 3.05) is 26.8 Å². The molecule has 2 N–H and O–H groups in total. The summed E-state index contributed by atoms with van der Waals surface area (Å²) < 4.78 is 11.1. The van der Waals surface area contributed by atoms with E-state index in [9.17, 15) is 0 Å². The summed E-state index contributed by atoms with van der Waals surface area (Å²) in [4.78, 5) is 4.41. The molecule has 0 amide bonds. The van der Waals surface area contributed by atoms with Crippen molar-refractivity contribution >= 4 is 17.6 Å². The van der Waals surface area contributed by atoms with Crippen LogP contribution in [0.3, 0.4) is 0 Å². The second-order valence-corrected chi connectivity index (χ2v) is 7.80. The van der Waals surface area contributed by atoms with Crippen molar-refractivity contribution < 1.29 is 9.26 Å². The number of nitrogens with zero attached hydrogens (tertiary/aromatic N) is 2. The predicted molar refractivity (Wildman–Crippen MR) is 117 cm³/mol. The number of hydrogen-bond donors (Lipinski definition) is 2. The molecule has 2 heterocycles. The van der Waals surface area contributed by atoms with Gasteiger partial charge in [0.1, 0.15) is 5.76 Å². The zero-order valence-corrected chi connectivity index (χ0v) is 18.3. The first-order valence-electron chi connectivity index (χ1n) is 10.4. The van der Waals surface area contributed by atoms with Gasteiger partial charge in [0, 0.05) is 55.8 Å². The summed E-state index contributed by atoms with van der Waals surface area (Å²) in [6, 6.07) is 8.12. The monoisotopic (exact) mass is 418 g/mol. The second-order valence-electron chi connectivity index (χ2n) is 7.39. The zero-order valence-electron chi connectivity index (χ0n) is 17.6. The van der Waals surface area contributed by atoms with Gasteiger partial charge in [-0.3, -0.25) is 4.99 Å². The molecule has 158 valence electrons. The lowest BCUT2D eigenvalue weighted by Crippen LogP contribution is -2.48. The number of ether oxygens (including phenoxy) is 1. The number of aryl methyl sites for hydroxylation is 2. The molecule has 0 spiro atoms. The van der Waals surface area contributed by atoms with Crippen LogP contribution in [0.4, 0.5) is 0 Å². The molecule has 0 atom stereocenters. The van der Waals surface area contributed by atoms with Crippen molar-refractivity contribution in [3.05, 3.63) is 51.9 Å². The molecule has 1 fully saturated rings. The molecule has 0 unspecified atom stereocenters. The van der Waals surface area contributed by atoms with E-state index in [2.05, 4.69) is 46.8 Å². The predicted octanol–water partition coefficient (Wildman–Crippen LogP) is 3.87. The fourth-order valence-electron chi connectivity index (χ4n) is 3.98. The van der Waals surface area contributed by atoms with Gasteiger partial charge in [0.05, 0.1) is 5.69 Å². The average molecular weight is 419 g/mol. The second kappa shape index (κ2) is 10.1. The molecule has 1 aliphatic heterocycles. The third kappa shape index (κ3) is 4.93. The Bertz CT molecular complexity index is 806. The number of aliphatic imine (C=N–C) groups is 1. The van der Waals surface area contributed by atoms with E-state index in [0.29, 0.717) is 6.54 Å². The lowest BCUT2D eigenvalue weighted by atomic mass is 9.74. The van der Waals surface area contributed by atoms with Crippen LogP contribution in [0.15, 0.2) is 33.8 Å². The maximum absolute atomic E-state index is 6.56. The molecule has 0 saturated carbocycles. The average Bonchev–Trinajstić information content (AvgIpc) is 3.17. The fourth-order valence-corrected chi connectivity index (χ4v) is 4.31. The van der Waals surface area contributed by atoms with E-state index in [1.807, 2.05) is 12.1 Å². The van der Waals surface area contributed by atoms with Crippen LogP contribution >= 0.6 is 11.6 Å². The highest BCUT2D eigenvalue weighted by atomic mass is 35.5. The van der Waals surface area contributed by atoms with E-state index in [4.69, 9.17) is 20.9 Å². The minimum Gasteiger partial charge on any atom is -0.381 e. The Kier molecular flexibility index (Phi) is 7.56. The highest BCUT2D eigenvalue weighted by Gasteiger charge is 2.36. The summed E-state index contributed by atoms with van der Waals surface area (Å²) in [5.74, 6) is 1.69. The van der Waals surface area contributed by atoms with E-state index in [-0.39, 0.29) is 5.41 Å². The van der Waals surface area contributed by atoms with Crippen molar-refractivity contribution in [3.63, 3.8) is 0 Å². The molecule has 1 saturated heterocycles. The van der Waals surface area contributed by atoms with E-state index in [0.717, 1.165) is 73.4 Å². The molecule has 7 heteroatoms. The quantitative estimate of drug-likeness (QED) is 0.527. The van der Waals surface area contributed by atoms with Crippen LogP contribution in [-0.2, 0) is 29.5 Å². The van der Waals surface area contributed by atoms with E-state index < -0.39 is 0 Å². The van der Waals surface area contributed by atoms with Crippen LogP contribution in [0, 0.1) is 0 Å². The summed E-state index contributed by atoms with van der Waals surface area (Å²) in [6.07, 6.45) is 3.52. The van der Waals surface area contributed by atoms with Crippen LogP contribution in [-0.4, -0.2) is 37.9 Å². The normalized spacial score (nSPS) is 16.6. The van der Waals surface area contributed by atoms with Crippen LogP contribution in [0.2, 0.25) is 5.02 Å². The molecule has 29 heavy (non-hydrogen) atoms. The molecular weight excluding hydrogens is 388 g/mol. The van der Waals surface area contributed by atoms with Gasteiger partial charge in [0.15, 0.2) is 5.96 Å². The van der Waals surface area contributed by atoms with Gasteiger partial charge in [-0.05, 0) is 30.9 Å². The summed E-state index contributed by atoms with van der Waals surface area (Å²) in [6.45, 7) is 7.02. The first-order valence-corrected chi connectivity index (χ1v) is 10.7. The van der Waals surface area contributed by atoms with E-state index in [1.54, 1.807) is 7.05 Å². The maximum Gasteiger partial charge on any atom is 0.191 e. The van der Waals surface area contributed by atoms with Gasteiger partial charge in [-0.2, -0.15) is 0 Å². The van der Waals surface area contributed by atoms with Gasteiger partial charge >= 0.3 is 0 Å². The zero-order chi connectivity index (χ0) is 20.7. The smallest absolute Gasteiger partial charge is 0.191 e. The molecule has 0 radical (unpaired) electrons. The highest BCUT2D eigenvalue weighted by Crippen LogP contribution is 2.38. The van der Waals surface area contributed by atoms with Gasteiger partial charge in [-0.25, -0.2) is 0 Å². The van der Waals surface area contributed by atoms with Crippen molar-refractivity contribution in [2.45, 2.75) is 51.5 Å². The minimum absolute atomic E-state index is 0.0748. The molecule has 2 aromatic rings. The molecule has 0 bridgehead atoms. The van der Waals surface area contributed by atoms with Crippen molar-refractivity contribution in [1.29, 1.82) is 0 Å². The lowest BCUT2D eigenvalue weighted by Gasteiger charge is -2.38. The van der Waals surface area contributed by atoms with Crippen LogP contribution < -0.4 is 10.6 Å². The van der Waals surface area contributed by atoms with Crippen LogP contribution in [0.25, 0.3) is 0 Å². The van der Waals surface area contributed by atoms with E-state index in [1.165, 1.54) is 5.56 Å². The largest absolute Gasteiger partial charge is 0.381 e. The number of rotatable bonds is 7. The Labute approximate surface area is 178 Å². The fraction of sp³-hybridized carbons (Fsp3) is 0.545. The summed E-state index contributed by atoms with van der Waals surface area (Å²) in [5.41, 5.74) is 3.23. The molecular formula is C22H31ClN4O2. The van der Waals surface area contributed by atoms with Crippen molar-refractivity contribution in [2.24, 2.45) is 4.99 Å². The maximum atomic E-state index is 6.56. The third-order valence-corrected chi connectivity index (χ3v) is 6.08. The first kappa shape index (κ1) is 21.7. The topological polar surface area (TPSA) is 71.7 Å². The molecule has 3 rings (SSSR count). The minimum atomic E-state index is -0.0748. The number of aromatic nitrogens is 1. The number of halogens is 1. The summed E-state index contributed by atoms with van der Waals surface area (Å²) in [7, 11) is 1.79. The Hall–Kier alpha value is -2.05. The third-order valence-electron chi connectivity index (χ3n) is 5.75.